The van der Waals surface area contributed by atoms with Crippen LogP contribution < -0.4 is 5.73 Å². The van der Waals surface area contributed by atoms with Gasteiger partial charge in [-0.15, -0.1) is 0 Å². The van der Waals surface area contributed by atoms with Crippen molar-refractivity contribution >= 4 is 11.8 Å². The van der Waals surface area contributed by atoms with Crippen LogP contribution in [0.2, 0.25) is 0 Å². The lowest BCUT2D eigenvalue weighted by Crippen LogP contribution is -2.39. The minimum Gasteiger partial charge on any atom is -0.464 e. The first-order chi connectivity index (χ1) is 8.88. The molecule has 0 aliphatic rings. The van der Waals surface area contributed by atoms with Gasteiger partial charge < -0.3 is 15.0 Å². The van der Waals surface area contributed by atoms with Crippen LogP contribution in [0.3, 0.4) is 0 Å². The smallest absolute Gasteiger partial charge is 0.360 e. The summed E-state index contributed by atoms with van der Waals surface area (Å²) < 4.78 is 6.41. The largest absolute Gasteiger partial charge is 0.464 e. The van der Waals surface area contributed by atoms with Gasteiger partial charge in [-0.1, -0.05) is 0 Å². The number of rotatable bonds is 6. The second kappa shape index (κ2) is 6.56. The number of methoxy groups -OCH3 is 1. The molecule has 0 spiro atoms. The molecule has 0 radical (unpaired) electrons. The molecular weight excluding hydrogens is 244 g/mol. The third kappa shape index (κ3) is 3.70. The van der Waals surface area contributed by atoms with Gasteiger partial charge in [0.25, 0.3) is 0 Å². The highest BCUT2D eigenvalue weighted by molar-refractivity contribution is 5.91. The Morgan fingerprint density at radius 1 is 1.42 bits per heavy atom. The standard InChI is InChI=1S/C13H24N4O2/c1-9(2)17(10(3)4)7-6-16-8-15-11(12(16)14)13(18)19-5/h8-10H,6-7,14H2,1-5H3. The first-order valence-electron chi connectivity index (χ1n) is 6.53. The number of anilines is 1. The fourth-order valence-electron chi connectivity index (χ4n) is 2.16. The number of esters is 1. The Morgan fingerprint density at radius 2 is 2.00 bits per heavy atom. The fourth-order valence-corrected chi connectivity index (χ4v) is 2.16. The second-order valence-electron chi connectivity index (χ2n) is 5.09. The Bertz CT molecular complexity index is 418. The average Bonchev–Trinajstić information content (AvgIpc) is 2.69. The van der Waals surface area contributed by atoms with Gasteiger partial charge in [-0.25, -0.2) is 9.78 Å². The highest BCUT2D eigenvalue weighted by Crippen LogP contribution is 2.12. The highest BCUT2D eigenvalue weighted by atomic mass is 16.5. The molecule has 0 aliphatic heterocycles. The second-order valence-corrected chi connectivity index (χ2v) is 5.09. The van der Waals surface area contributed by atoms with Crippen molar-refractivity contribution in [3.05, 3.63) is 12.0 Å². The van der Waals surface area contributed by atoms with Crippen molar-refractivity contribution in [3.8, 4) is 0 Å². The molecule has 19 heavy (non-hydrogen) atoms. The molecule has 0 saturated carbocycles. The Morgan fingerprint density at radius 3 is 2.47 bits per heavy atom. The molecule has 2 N–H and O–H groups in total. The van der Waals surface area contributed by atoms with Crippen molar-refractivity contribution in [3.63, 3.8) is 0 Å². The van der Waals surface area contributed by atoms with E-state index in [1.165, 1.54) is 7.11 Å². The number of hydrogen-bond acceptors (Lipinski definition) is 5. The zero-order chi connectivity index (χ0) is 14.6. The molecule has 1 heterocycles. The zero-order valence-electron chi connectivity index (χ0n) is 12.4. The topological polar surface area (TPSA) is 73.4 Å². The average molecular weight is 268 g/mol. The Balaban J connectivity index is 2.73. The summed E-state index contributed by atoms with van der Waals surface area (Å²) in [5.41, 5.74) is 6.08. The number of carbonyl (C=O) groups is 1. The molecule has 0 saturated heterocycles. The Kier molecular flexibility index (Phi) is 5.35. The lowest BCUT2D eigenvalue weighted by molar-refractivity contribution is 0.0596. The third-order valence-electron chi connectivity index (χ3n) is 3.18. The van der Waals surface area contributed by atoms with Crippen molar-refractivity contribution in [2.24, 2.45) is 0 Å². The van der Waals surface area contributed by atoms with E-state index in [0.717, 1.165) is 6.54 Å². The molecule has 0 unspecified atom stereocenters. The summed E-state index contributed by atoms with van der Waals surface area (Å²) in [6.07, 6.45) is 1.58. The van der Waals surface area contributed by atoms with E-state index in [2.05, 4.69) is 42.3 Å². The van der Waals surface area contributed by atoms with Crippen LogP contribution in [0.1, 0.15) is 38.2 Å². The quantitative estimate of drug-likeness (QED) is 0.789. The summed E-state index contributed by atoms with van der Waals surface area (Å²) in [4.78, 5) is 17.8. The molecule has 1 aromatic rings. The van der Waals surface area contributed by atoms with Crippen LogP contribution >= 0.6 is 0 Å². The molecule has 6 nitrogen and oxygen atoms in total. The first-order valence-corrected chi connectivity index (χ1v) is 6.53. The van der Waals surface area contributed by atoms with Gasteiger partial charge in [0.15, 0.2) is 5.69 Å². The summed E-state index contributed by atoms with van der Waals surface area (Å²) in [7, 11) is 1.32. The number of nitrogens with zero attached hydrogens (tertiary/aromatic N) is 3. The maximum Gasteiger partial charge on any atom is 0.360 e. The Hall–Kier alpha value is -1.56. The summed E-state index contributed by atoms with van der Waals surface area (Å²) in [5, 5.41) is 0. The predicted octanol–water partition coefficient (Wildman–Crippen LogP) is 1.37. The lowest BCUT2D eigenvalue weighted by atomic mass is 10.2. The van der Waals surface area contributed by atoms with Crippen molar-refractivity contribution in [1.29, 1.82) is 0 Å². The number of ether oxygens (including phenoxy) is 1. The van der Waals surface area contributed by atoms with E-state index >= 15 is 0 Å². The van der Waals surface area contributed by atoms with Gasteiger partial charge in [0, 0.05) is 25.2 Å². The van der Waals surface area contributed by atoms with E-state index in [1.54, 1.807) is 10.9 Å². The first kappa shape index (κ1) is 15.5. The van der Waals surface area contributed by atoms with Crippen LogP contribution in [0.4, 0.5) is 5.82 Å². The number of carbonyl (C=O) groups excluding carboxylic acids is 1. The van der Waals surface area contributed by atoms with Crippen LogP contribution in [0.25, 0.3) is 0 Å². The van der Waals surface area contributed by atoms with E-state index in [1.807, 2.05) is 0 Å². The minimum absolute atomic E-state index is 0.183. The highest BCUT2D eigenvalue weighted by Gasteiger charge is 2.18. The van der Waals surface area contributed by atoms with Crippen molar-refractivity contribution in [1.82, 2.24) is 14.5 Å². The minimum atomic E-state index is -0.499. The normalized spacial score (nSPS) is 11.6. The van der Waals surface area contributed by atoms with Gasteiger partial charge in [-0.2, -0.15) is 0 Å². The Labute approximate surface area is 114 Å². The molecule has 0 atom stereocenters. The molecule has 6 heteroatoms. The number of hydrogen-bond donors (Lipinski definition) is 1. The van der Waals surface area contributed by atoms with Crippen molar-refractivity contribution < 1.29 is 9.53 Å². The van der Waals surface area contributed by atoms with Gasteiger partial charge in [0.05, 0.1) is 13.4 Å². The molecule has 0 bridgehead atoms. The van der Waals surface area contributed by atoms with Gasteiger partial charge in [0.2, 0.25) is 0 Å². The van der Waals surface area contributed by atoms with E-state index in [0.29, 0.717) is 24.4 Å². The van der Waals surface area contributed by atoms with E-state index in [4.69, 9.17) is 5.73 Å². The van der Waals surface area contributed by atoms with E-state index in [9.17, 15) is 4.79 Å². The fraction of sp³-hybridized carbons (Fsp3) is 0.692. The monoisotopic (exact) mass is 268 g/mol. The molecule has 0 aliphatic carbocycles. The van der Waals surface area contributed by atoms with Crippen LogP contribution in [0, 0.1) is 0 Å². The van der Waals surface area contributed by atoms with Crippen LogP contribution in [-0.2, 0) is 11.3 Å². The van der Waals surface area contributed by atoms with Gasteiger partial charge in [-0.05, 0) is 27.7 Å². The summed E-state index contributed by atoms with van der Waals surface area (Å²) in [6, 6.07) is 0.926. The summed E-state index contributed by atoms with van der Waals surface area (Å²) in [5.74, 6) is -0.139. The molecule has 108 valence electrons. The summed E-state index contributed by atoms with van der Waals surface area (Å²) in [6.45, 7) is 10.2. The van der Waals surface area contributed by atoms with Crippen molar-refractivity contribution in [2.45, 2.75) is 46.3 Å². The third-order valence-corrected chi connectivity index (χ3v) is 3.18. The number of imidazole rings is 1. The van der Waals surface area contributed by atoms with Crippen LogP contribution in [-0.4, -0.2) is 46.2 Å². The lowest BCUT2D eigenvalue weighted by Gasteiger charge is -2.30. The van der Waals surface area contributed by atoms with Crippen LogP contribution in [0.5, 0.6) is 0 Å². The van der Waals surface area contributed by atoms with Gasteiger partial charge >= 0.3 is 5.97 Å². The van der Waals surface area contributed by atoms with Crippen LogP contribution in [0.15, 0.2) is 6.33 Å². The predicted molar refractivity (Wildman–Crippen MR) is 75.0 cm³/mol. The molecule has 0 aromatic carbocycles. The molecular formula is C13H24N4O2. The number of nitrogen functional groups attached to an aromatic ring is 1. The molecule has 1 aromatic heterocycles. The maximum absolute atomic E-state index is 11.4. The summed E-state index contributed by atoms with van der Waals surface area (Å²) >= 11 is 0. The maximum atomic E-state index is 11.4. The van der Waals surface area contributed by atoms with Gasteiger partial charge in [0.1, 0.15) is 5.82 Å². The van der Waals surface area contributed by atoms with E-state index < -0.39 is 5.97 Å². The molecule has 0 fully saturated rings. The molecule has 1 rings (SSSR count). The molecule has 0 amide bonds. The van der Waals surface area contributed by atoms with E-state index in [-0.39, 0.29) is 5.69 Å². The van der Waals surface area contributed by atoms with Gasteiger partial charge in [-0.3, -0.25) is 4.90 Å². The number of nitrogens with two attached hydrogens (primary N) is 1. The SMILES string of the molecule is COC(=O)c1ncn(CCN(C(C)C)C(C)C)c1N. The number of aromatic nitrogens is 2. The van der Waals surface area contributed by atoms with Crippen molar-refractivity contribution in [2.75, 3.05) is 19.4 Å². The zero-order valence-corrected chi connectivity index (χ0v) is 12.4.